The molecule has 2 aromatic carbocycles. The van der Waals surface area contributed by atoms with Gasteiger partial charge in [-0.2, -0.15) is 5.10 Å². The molecule has 0 bridgehead atoms. The molecule has 0 amide bonds. The van der Waals surface area contributed by atoms with Crippen molar-refractivity contribution in [2.75, 3.05) is 19.0 Å². The minimum absolute atomic E-state index is 0.855. The highest BCUT2D eigenvalue weighted by molar-refractivity contribution is 5.74. The van der Waals surface area contributed by atoms with Crippen LogP contribution in [-0.2, 0) is 6.42 Å². The van der Waals surface area contributed by atoms with Crippen molar-refractivity contribution in [3.8, 4) is 22.7 Å². The van der Waals surface area contributed by atoms with E-state index < -0.39 is 0 Å². The van der Waals surface area contributed by atoms with Gasteiger partial charge in [0.1, 0.15) is 11.6 Å². The predicted octanol–water partition coefficient (Wildman–Crippen LogP) is 4.13. The Balaban J connectivity index is 1.91. The van der Waals surface area contributed by atoms with Crippen molar-refractivity contribution in [1.82, 2.24) is 9.78 Å². The zero-order valence-corrected chi connectivity index (χ0v) is 14.3. The van der Waals surface area contributed by atoms with E-state index in [1.807, 2.05) is 18.2 Å². The largest absolute Gasteiger partial charge is 0.497 e. The van der Waals surface area contributed by atoms with Gasteiger partial charge in [0.15, 0.2) is 0 Å². The van der Waals surface area contributed by atoms with E-state index in [0.29, 0.717) is 0 Å². The molecule has 2 heterocycles. The quantitative estimate of drug-likeness (QED) is 0.789. The van der Waals surface area contributed by atoms with Crippen LogP contribution >= 0.6 is 0 Å². The molecule has 4 nitrogen and oxygen atoms in total. The molecule has 24 heavy (non-hydrogen) atoms. The van der Waals surface area contributed by atoms with Crippen molar-refractivity contribution in [1.29, 1.82) is 0 Å². The first kappa shape index (κ1) is 14.8. The number of aromatic nitrogens is 2. The van der Waals surface area contributed by atoms with E-state index in [2.05, 4.69) is 48.1 Å². The Hall–Kier alpha value is -2.75. The maximum Gasteiger partial charge on any atom is 0.133 e. The van der Waals surface area contributed by atoms with Crippen LogP contribution in [0.1, 0.15) is 16.7 Å². The zero-order valence-electron chi connectivity index (χ0n) is 14.3. The van der Waals surface area contributed by atoms with Gasteiger partial charge < -0.3 is 10.1 Å². The number of rotatable bonds is 3. The van der Waals surface area contributed by atoms with Gasteiger partial charge in [-0.05, 0) is 49.6 Å². The SMILES string of the molecule is COc1cccc(-c2nn(-c3cccc(C)c3C)c3c2CCN3)c1. The number of ether oxygens (including phenoxy) is 1. The van der Waals surface area contributed by atoms with Gasteiger partial charge in [-0.15, -0.1) is 0 Å². The smallest absolute Gasteiger partial charge is 0.133 e. The number of hydrogen-bond acceptors (Lipinski definition) is 3. The summed E-state index contributed by atoms with van der Waals surface area (Å²) >= 11 is 0. The molecule has 0 atom stereocenters. The summed E-state index contributed by atoms with van der Waals surface area (Å²) in [5, 5.41) is 8.45. The number of anilines is 1. The van der Waals surface area contributed by atoms with E-state index in [4.69, 9.17) is 9.84 Å². The third-order valence-electron chi connectivity index (χ3n) is 4.80. The Bertz CT molecular complexity index is 911. The van der Waals surface area contributed by atoms with Crippen LogP contribution < -0.4 is 10.1 Å². The van der Waals surface area contributed by atoms with Crippen LogP contribution in [0.4, 0.5) is 5.82 Å². The van der Waals surface area contributed by atoms with Crippen molar-refractivity contribution < 1.29 is 4.74 Å². The summed E-state index contributed by atoms with van der Waals surface area (Å²) in [4.78, 5) is 0. The van der Waals surface area contributed by atoms with Crippen LogP contribution in [0, 0.1) is 13.8 Å². The minimum Gasteiger partial charge on any atom is -0.497 e. The van der Waals surface area contributed by atoms with Crippen LogP contribution in [0.5, 0.6) is 5.75 Å². The van der Waals surface area contributed by atoms with E-state index >= 15 is 0 Å². The molecule has 0 unspecified atom stereocenters. The number of methoxy groups -OCH3 is 1. The highest BCUT2D eigenvalue weighted by Crippen LogP contribution is 2.36. The van der Waals surface area contributed by atoms with Crippen molar-refractivity contribution in [3.05, 3.63) is 59.2 Å². The molecule has 0 aliphatic carbocycles. The summed E-state index contributed by atoms with van der Waals surface area (Å²) in [6.07, 6.45) is 0.993. The fourth-order valence-electron chi connectivity index (χ4n) is 3.32. The summed E-state index contributed by atoms with van der Waals surface area (Å²) in [6, 6.07) is 14.5. The van der Waals surface area contributed by atoms with Gasteiger partial charge in [0.05, 0.1) is 18.5 Å². The van der Waals surface area contributed by atoms with Gasteiger partial charge in [-0.3, -0.25) is 0 Å². The summed E-state index contributed by atoms with van der Waals surface area (Å²) < 4.78 is 7.43. The fourth-order valence-corrected chi connectivity index (χ4v) is 3.32. The van der Waals surface area contributed by atoms with Crippen molar-refractivity contribution in [2.24, 2.45) is 0 Å². The first-order valence-electron chi connectivity index (χ1n) is 8.26. The summed E-state index contributed by atoms with van der Waals surface area (Å²) in [6.45, 7) is 5.24. The van der Waals surface area contributed by atoms with E-state index in [-0.39, 0.29) is 0 Å². The molecule has 4 heteroatoms. The van der Waals surface area contributed by atoms with E-state index in [1.54, 1.807) is 7.11 Å². The molecule has 4 rings (SSSR count). The molecule has 0 radical (unpaired) electrons. The first-order chi connectivity index (χ1) is 11.7. The van der Waals surface area contributed by atoms with Crippen LogP contribution in [-0.4, -0.2) is 23.4 Å². The van der Waals surface area contributed by atoms with Crippen molar-refractivity contribution >= 4 is 5.82 Å². The Morgan fingerprint density at radius 1 is 1.12 bits per heavy atom. The molecule has 0 saturated carbocycles. The maximum absolute atomic E-state index is 5.37. The molecule has 1 N–H and O–H groups in total. The van der Waals surface area contributed by atoms with Gasteiger partial charge in [-0.1, -0.05) is 24.3 Å². The Morgan fingerprint density at radius 2 is 1.96 bits per heavy atom. The molecule has 0 saturated heterocycles. The maximum atomic E-state index is 5.37. The Kier molecular flexibility index (Phi) is 3.53. The Morgan fingerprint density at radius 3 is 2.79 bits per heavy atom. The average molecular weight is 319 g/mol. The lowest BCUT2D eigenvalue weighted by Crippen LogP contribution is -2.06. The lowest BCUT2D eigenvalue weighted by molar-refractivity contribution is 0.415. The summed E-state index contributed by atoms with van der Waals surface area (Å²) in [5.41, 5.74) is 7.08. The standard InChI is InChI=1S/C20H21N3O/c1-13-6-4-9-18(14(13)2)23-20-17(10-11-21-20)19(22-23)15-7-5-8-16(12-15)24-3/h4-9,12,21H,10-11H2,1-3H3. The van der Waals surface area contributed by atoms with E-state index in [9.17, 15) is 0 Å². The van der Waals surface area contributed by atoms with E-state index in [0.717, 1.165) is 41.5 Å². The molecule has 122 valence electrons. The molecule has 0 spiro atoms. The highest BCUT2D eigenvalue weighted by Gasteiger charge is 2.24. The minimum atomic E-state index is 0.855. The fraction of sp³-hybridized carbons (Fsp3) is 0.250. The van der Waals surface area contributed by atoms with Crippen LogP contribution in [0.15, 0.2) is 42.5 Å². The average Bonchev–Trinajstić information content (AvgIpc) is 3.20. The summed E-state index contributed by atoms with van der Waals surface area (Å²) in [7, 11) is 1.69. The monoisotopic (exact) mass is 319 g/mol. The second-order valence-electron chi connectivity index (χ2n) is 6.22. The second kappa shape index (κ2) is 5.71. The zero-order chi connectivity index (χ0) is 16.7. The number of benzene rings is 2. The van der Waals surface area contributed by atoms with Crippen molar-refractivity contribution in [2.45, 2.75) is 20.3 Å². The van der Waals surface area contributed by atoms with Crippen molar-refractivity contribution in [3.63, 3.8) is 0 Å². The van der Waals surface area contributed by atoms with Gasteiger partial charge in [-0.25, -0.2) is 4.68 Å². The number of nitrogens with zero attached hydrogens (tertiary/aromatic N) is 2. The molecule has 3 aromatic rings. The third kappa shape index (κ3) is 2.26. The molecular formula is C20H21N3O. The highest BCUT2D eigenvalue weighted by atomic mass is 16.5. The second-order valence-corrected chi connectivity index (χ2v) is 6.22. The van der Waals surface area contributed by atoms with Gasteiger partial charge in [0, 0.05) is 17.7 Å². The number of aryl methyl sites for hydroxylation is 1. The van der Waals surface area contributed by atoms with Crippen LogP contribution in [0.3, 0.4) is 0 Å². The lowest BCUT2D eigenvalue weighted by atomic mass is 10.1. The summed E-state index contributed by atoms with van der Waals surface area (Å²) in [5.74, 6) is 1.97. The van der Waals surface area contributed by atoms with Gasteiger partial charge >= 0.3 is 0 Å². The molecule has 0 fully saturated rings. The lowest BCUT2D eigenvalue weighted by Gasteiger charge is -2.11. The predicted molar refractivity (Wildman–Crippen MR) is 97.2 cm³/mol. The molecule has 1 aliphatic heterocycles. The Labute approximate surface area is 142 Å². The molecule has 1 aliphatic rings. The number of fused-ring (bicyclic) bond motifs is 1. The molecular weight excluding hydrogens is 298 g/mol. The normalized spacial score (nSPS) is 12.8. The number of hydrogen-bond donors (Lipinski definition) is 1. The van der Waals surface area contributed by atoms with Gasteiger partial charge in [0.25, 0.3) is 0 Å². The number of nitrogens with one attached hydrogen (secondary N) is 1. The van der Waals surface area contributed by atoms with Crippen LogP contribution in [0.2, 0.25) is 0 Å². The first-order valence-corrected chi connectivity index (χ1v) is 8.26. The topological polar surface area (TPSA) is 39.1 Å². The van der Waals surface area contributed by atoms with E-state index in [1.165, 1.54) is 16.7 Å². The molecule has 1 aromatic heterocycles. The third-order valence-corrected chi connectivity index (χ3v) is 4.80. The van der Waals surface area contributed by atoms with Gasteiger partial charge in [0.2, 0.25) is 0 Å². The van der Waals surface area contributed by atoms with Crippen LogP contribution in [0.25, 0.3) is 16.9 Å².